The molecule has 1 aromatic carbocycles. The van der Waals surface area contributed by atoms with Gasteiger partial charge in [0.25, 0.3) is 5.91 Å². The number of halogens is 1. The maximum absolute atomic E-state index is 12.6. The monoisotopic (exact) mass is 415 g/mol. The fourth-order valence-electron chi connectivity index (χ4n) is 3.51. The Labute approximate surface area is 173 Å². The highest BCUT2D eigenvalue weighted by Gasteiger charge is 2.28. The fraction of sp³-hybridized carbons (Fsp3) is 0.444. The van der Waals surface area contributed by atoms with Crippen LogP contribution in [0.5, 0.6) is 0 Å². The van der Waals surface area contributed by atoms with Crippen molar-refractivity contribution in [3.63, 3.8) is 0 Å². The SMILES string of the molecule is Cl.O=C(Nc1cccc(-c2nnnn2C2CC2)c1)c1cn(C2CCNCC2)nn1. The van der Waals surface area contributed by atoms with E-state index in [0.717, 1.165) is 50.2 Å². The number of carbonyl (C=O) groups is 1. The first kappa shape index (κ1) is 19.5. The summed E-state index contributed by atoms with van der Waals surface area (Å²) < 4.78 is 3.65. The molecule has 0 radical (unpaired) electrons. The summed E-state index contributed by atoms with van der Waals surface area (Å²) in [6, 6.07) is 8.20. The standard InChI is InChI=1S/C18H21N9O.ClH/c28-18(16-11-26(24-21-16)14-6-8-19-9-7-14)20-13-3-1-2-12(10-13)17-22-23-25-27(17)15-4-5-15;/h1-3,10-11,14-15,19H,4-9H2,(H,20,28);1H. The van der Waals surface area contributed by atoms with Crippen LogP contribution in [0.25, 0.3) is 11.4 Å². The van der Waals surface area contributed by atoms with E-state index in [1.165, 1.54) is 0 Å². The van der Waals surface area contributed by atoms with E-state index in [1.807, 2.05) is 28.9 Å². The number of rotatable bonds is 5. The first-order chi connectivity index (χ1) is 13.8. The second kappa shape index (κ2) is 8.26. The molecule has 3 aromatic rings. The van der Waals surface area contributed by atoms with E-state index in [1.54, 1.807) is 10.9 Å². The van der Waals surface area contributed by atoms with Crippen molar-refractivity contribution in [2.24, 2.45) is 0 Å². The predicted molar refractivity (Wildman–Crippen MR) is 108 cm³/mol. The molecule has 3 heterocycles. The molecule has 1 saturated heterocycles. The third-order valence-electron chi connectivity index (χ3n) is 5.19. The Morgan fingerprint density at radius 3 is 2.69 bits per heavy atom. The Morgan fingerprint density at radius 2 is 1.90 bits per heavy atom. The highest BCUT2D eigenvalue weighted by molar-refractivity contribution is 6.02. The van der Waals surface area contributed by atoms with Gasteiger partial charge in [-0.3, -0.25) is 4.79 Å². The average molecular weight is 416 g/mol. The van der Waals surface area contributed by atoms with E-state index >= 15 is 0 Å². The summed E-state index contributed by atoms with van der Waals surface area (Å²) in [5.74, 6) is 0.439. The van der Waals surface area contributed by atoms with Crippen LogP contribution in [0.3, 0.4) is 0 Å². The quantitative estimate of drug-likeness (QED) is 0.653. The Hall–Kier alpha value is -2.85. The van der Waals surface area contributed by atoms with Gasteiger partial charge < -0.3 is 10.6 Å². The molecule has 5 rings (SSSR count). The molecule has 0 bridgehead atoms. The summed E-state index contributed by atoms with van der Waals surface area (Å²) in [5.41, 5.74) is 1.85. The van der Waals surface area contributed by atoms with Gasteiger partial charge in [0, 0.05) is 11.3 Å². The predicted octanol–water partition coefficient (Wildman–Crippen LogP) is 1.87. The number of nitrogens with one attached hydrogen (secondary N) is 2. The zero-order valence-electron chi connectivity index (χ0n) is 15.7. The van der Waals surface area contributed by atoms with Crippen LogP contribution in [0, 0.1) is 0 Å². The van der Waals surface area contributed by atoms with Gasteiger partial charge in [-0.05, 0) is 61.3 Å². The highest BCUT2D eigenvalue weighted by atomic mass is 35.5. The number of hydrogen-bond acceptors (Lipinski definition) is 7. The lowest BCUT2D eigenvalue weighted by Gasteiger charge is -2.22. The summed E-state index contributed by atoms with van der Waals surface area (Å²) in [4.78, 5) is 12.6. The minimum Gasteiger partial charge on any atom is -0.321 e. The van der Waals surface area contributed by atoms with Gasteiger partial charge in [0.15, 0.2) is 11.5 Å². The van der Waals surface area contributed by atoms with Crippen LogP contribution in [-0.4, -0.2) is 54.2 Å². The minimum atomic E-state index is -0.279. The van der Waals surface area contributed by atoms with Crippen molar-refractivity contribution in [3.8, 4) is 11.4 Å². The lowest BCUT2D eigenvalue weighted by molar-refractivity contribution is 0.102. The van der Waals surface area contributed by atoms with Crippen molar-refractivity contribution in [1.82, 2.24) is 40.5 Å². The number of anilines is 1. The number of carbonyl (C=O) groups excluding carboxylic acids is 1. The van der Waals surface area contributed by atoms with Crippen LogP contribution in [0.15, 0.2) is 30.5 Å². The summed E-state index contributed by atoms with van der Waals surface area (Å²) >= 11 is 0. The summed E-state index contributed by atoms with van der Waals surface area (Å²) in [6.07, 6.45) is 5.90. The molecule has 1 aliphatic carbocycles. The molecule has 152 valence electrons. The van der Waals surface area contributed by atoms with Gasteiger partial charge >= 0.3 is 0 Å². The molecule has 1 saturated carbocycles. The van der Waals surface area contributed by atoms with Crippen molar-refractivity contribution in [1.29, 1.82) is 0 Å². The van der Waals surface area contributed by atoms with Gasteiger partial charge in [0.2, 0.25) is 0 Å². The molecule has 0 unspecified atom stereocenters. The maximum atomic E-state index is 12.6. The van der Waals surface area contributed by atoms with E-state index in [0.29, 0.717) is 23.5 Å². The van der Waals surface area contributed by atoms with Crippen LogP contribution in [0.2, 0.25) is 0 Å². The molecular weight excluding hydrogens is 394 g/mol. The van der Waals surface area contributed by atoms with Crippen molar-refractivity contribution in [2.45, 2.75) is 37.8 Å². The van der Waals surface area contributed by atoms with E-state index in [2.05, 4.69) is 36.5 Å². The number of nitrogens with zero attached hydrogens (tertiary/aromatic N) is 7. The normalized spacial score (nSPS) is 17.0. The van der Waals surface area contributed by atoms with Crippen LogP contribution in [0.4, 0.5) is 5.69 Å². The van der Waals surface area contributed by atoms with Gasteiger partial charge in [-0.15, -0.1) is 22.6 Å². The molecule has 29 heavy (non-hydrogen) atoms. The molecule has 11 heteroatoms. The van der Waals surface area contributed by atoms with Crippen LogP contribution >= 0.6 is 12.4 Å². The third-order valence-corrected chi connectivity index (χ3v) is 5.19. The number of aromatic nitrogens is 7. The van der Waals surface area contributed by atoms with E-state index in [9.17, 15) is 4.79 Å². The smallest absolute Gasteiger partial charge is 0.277 e. The molecule has 0 spiro atoms. The Kier molecular flexibility index (Phi) is 5.54. The van der Waals surface area contributed by atoms with Crippen molar-refractivity contribution in [3.05, 3.63) is 36.2 Å². The second-order valence-corrected chi connectivity index (χ2v) is 7.28. The Morgan fingerprint density at radius 1 is 1.07 bits per heavy atom. The van der Waals surface area contributed by atoms with Crippen LogP contribution < -0.4 is 10.6 Å². The number of tetrazole rings is 1. The number of hydrogen-bond donors (Lipinski definition) is 2. The van der Waals surface area contributed by atoms with E-state index < -0.39 is 0 Å². The fourth-order valence-corrected chi connectivity index (χ4v) is 3.51. The Balaban J connectivity index is 0.00000205. The van der Waals surface area contributed by atoms with E-state index in [4.69, 9.17) is 0 Å². The van der Waals surface area contributed by atoms with Gasteiger partial charge in [-0.1, -0.05) is 17.3 Å². The largest absolute Gasteiger partial charge is 0.321 e. The molecule has 1 aliphatic heterocycles. The first-order valence-electron chi connectivity index (χ1n) is 9.60. The average Bonchev–Trinajstić information content (AvgIpc) is 3.26. The first-order valence-corrected chi connectivity index (χ1v) is 9.60. The lowest BCUT2D eigenvalue weighted by atomic mass is 10.1. The molecular formula is C18H22ClN9O. The molecule has 1 amide bonds. The van der Waals surface area contributed by atoms with Gasteiger partial charge in [0.05, 0.1) is 18.3 Å². The van der Waals surface area contributed by atoms with Gasteiger partial charge in [0.1, 0.15) is 0 Å². The molecule has 2 aliphatic rings. The van der Waals surface area contributed by atoms with Gasteiger partial charge in [-0.25, -0.2) is 9.36 Å². The summed E-state index contributed by atoms with van der Waals surface area (Å²) in [7, 11) is 0. The summed E-state index contributed by atoms with van der Waals surface area (Å²) in [6.45, 7) is 1.92. The maximum Gasteiger partial charge on any atom is 0.277 e. The zero-order valence-corrected chi connectivity index (χ0v) is 16.5. The van der Waals surface area contributed by atoms with Crippen LogP contribution in [0.1, 0.15) is 48.3 Å². The van der Waals surface area contributed by atoms with Gasteiger partial charge in [-0.2, -0.15) is 0 Å². The summed E-state index contributed by atoms with van der Waals surface area (Å²) in [5, 5.41) is 26.4. The highest BCUT2D eigenvalue weighted by Crippen LogP contribution is 2.36. The number of amides is 1. The number of benzene rings is 1. The zero-order chi connectivity index (χ0) is 18.9. The molecule has 0 atom stereocenters. The number of piperidine rings is 1. The Bertz CT molecular complexity index is 991. The minimum absolute atomic E-state index is 0. The van der Waals surface area contributed by atoms with Crippen molar-refractivity contribution < 1.29 is 4.79 Å². The van der Waals surface area contributed by atoms with Crippen LogP contribution in [-0.2, 0) is 0 Å². The third kappa shape index (κ3) is 4.13. The second-order valence-electron chi connectivity index (χ2n) is 7.28. The topological polar surface area (TPSA) is 115 Å². The van der Waals surface area contributed by atoms with Crippen molar-refractivity contribution in [2.75, 3.05) is 18.4 Å². The van der Waals surface area contributed by atoms with Crippen molar-refractivity contribution >= 4 is 24.0 Å². The molecule has 10 nitrogen and oxygen atoms in total. The molecule has 2 fully saturated rings. The molecule has 2 aromatic heterocycles. The molecule has 2 N–H and O–H groups in total. The van der Waals surface area contributed by atoms with E-state index in [-0.39, 0.29) is 18.3 Å². The lowest BCUT2D eigenvalue weighted by Crippen LogP contribution is -2.29.